The number of aromatic nitrogens is 2. The largest absolute Gasteiger partial charge is 0.477 e. The lowest BCUT2D eigenvalue weighted by Crippen LogP contribution is -2.44. The van der Waals surface area contributed by atoms with E-state index >= 15 is 0 Å². The highest BCUT2D eigenvalue weighted by Crippen LogP contribution is 2.38. The molecule has 25 heavy (non-hydrogen) atoms. The molecule has 2 bridgehead atoms. The number of hydrogen-bond acceptors (Lipinski definition) is 5. The summed E-state index contributed by atoms with van der Waals surface area (Å²) in [5.41, 5.74) is -0.635. The summed E-state index contributed by atoms with van der Waals surface area (Å²) in [4.78, 5) is 30.3. The van der Waals surface area contributed by atoms with E-state index in [0.29, 0.717) is 18.2 Å². The van der Waals surface area contributed by atoms with Crippen molar-refractivity contribution in [2.24, 2.45) is 0 Å². The molecule has 2 aliphatic heterocycles. The van der Waals surface area contributed by atoms with E-state index in [0.717, 1.165) is 31.9 Å². The smallest absolute Gasteiger partial charge is 0.341 e. The van der Waals surface area contributed by atoms with Crippen LogP contribution in [0.2, 0.25) is 0 Å². The van der Waals surface area contributed by atoms with Crippen LogP contribution >= 0.6 is 0 Å². The second kappa shape index (κ2) is 5.01. The fourth-order valence-electron chi connectivity index (χ4n) is 4.04. The Balaban J connectivity index is 1.73. The van der Waals surface area contributed by atoms with Gasteiger partial charge in [0.15, 0.2) is 11.6 Å². The number of nitrogens with one attached hydrogen (secondary N) is 1. The van der Waals surface area contributed by atoms with E-state index in [2.05, 4.69) is 10.3 Å². The number of hydrogen-bond donors (Lipinski definition) is 2. The van der Waals surface area contributed by atoms with Crippen LogP contribution in [0.15, 0.2) is 17.1 Å². The third-order valence-corrected chi connectivity index (χ3v) is 5.44. The van der Waals surface area contributed by atoms with Crippen LogP contribution in [0.3, 0.4) is 0 Å². The fourth-order valence-corrected chi connectivity index (χ4v) is 4.04. The molecule has 4 heterocycles. The number of carbonyl (C=O) groups is 1. The van der Waals surface area contributed by atoms with Crippen molar-refractivity contribution in [2.45, 2.75) is 37.4 Å². The molecular weight excluding hydrogens is 327 g/mol. The Morgan fingerprint density at radius 2 is 2.16 bits per heavy atom. The van der Waals surface area contributed by atoms with Crippen LogP contribution in [-0.4, -0.2) is 45.8 Å². The first-order chi connectivity index (χ1) is 12.0. The summed E-state index contributed by atoms with van der Waals surface area (Å²) in [6, 6.07) is 1.85. The molecule has 3 fully saturated rings. The minimum Gasteiger partial charge on any atom is -0.477 e. The summed E-state index contributed by atoms with van der Waals surface area (Å²) < 4.78 is 16.5. The lowest BCUT2D eigenvalue weighted by atomic mass is 10.1. The number of carboxylic acid groups (broad SMARTS) is 1. The maximum atomic E-state index is 14.7. The minimum absolute atomic E-state index is 0.0375. The maximum Gasteiger partial charge on any atom is 0.341 e. The predicted octanol–water partition coefficient (Wildman–Crippen LogP) is 1.12. The SMILES string of the molecule is O=C(O)c1cn(C2CC2)c2nc(N3C[C@@H]4CC3CN4)c(F)cc2c1=O. The van der Waals surface area contributed by atoms with Crippen molar-refractivity contribution in [1.82, 2.24) is 14.9 Å². The van der Waals surface area contributed by atoms with Crippen molar-refractivity contribution in [2.75, 3.05) is 18.0 Å². The number of rotatable bonds is 3. The summed E-state index contributed by atoms with van der Waals surface area (Å²) in [6.45, 7) is 1.50. The molecular formula is C17H17FN4O3. The van der Waals surface area contributed by atoms with Gasteiger partial charge in [0, 0.05) is 37.4 Å². The Labute approximate surface area is 142 Å². The van der Waals surface area contributed by atoms with Gasteiger partial charge in [0.2, 0.25) is 5.43 Å². The highest BCUT2D eigenvalue weighted by atomic mass is 19.1. The molecule has 0 aromatic carbocycles. The molecule has 1 unspecified atom stereocenters. The maximum absolute atomic E-state index is 14.7. The summed E-state index contributed by atoms with van der Waals surface area (Å²) in [6.07, 6.45) is 4.14. The van der Waals surface area contributed by atoms with Crippen molar-refractivity contribution in [1.29, 1.82) is 0 Å². The molecule has 2 saturated heterocycles. The first kappa shape index (κ1) is 14.8. The second-order valence-corrected chi connectivity index (χ2v) is 7.13. The molecule has 1 saturated carbocycles. The van der Waals surface area contributed by atoms with Crippen LogP contribution < -0.4 is 15.6 Å². The number of anilines is 1. The Kier molecular flexibility index (Phi) is 2.97. The zero-order valence-electron chi connectivity index (χ0n) is 13.4. The molecule has 130 valence electrons. The molecule has 3 aliphatic rings. The lowest BCUT2D eigenvalue weighted by Gasteiger charge is -2.29. The number of aromatic carboxylic acids is 1. The van der Waals surface area contributed by atoms with Crippen LogP contribution in [0.25, 0.3) is 11.0 Å². The third kappa shape index (κ3) is 2.17. The number of piperazine rings is 1. The van der Waals surface area contributed by atoms with Crippen LogP contribution in [-0.2, 0) is 0 Å². The van der Waals surface area contributed by atoms with Gasteiger partial charge in [0.25, 0.3) is 0 Å². The number of carboxylic acids is 1. The van der Waals surface area contributed by atoms with E-state index in [-0.39, 0.29) is 28.9 Å². The van der Waals surface area contributed by atoms with Gasteiger partial charge in [-0.1, -0.05) is 0 Å². The molecule has 0 radical (unpaired) electrons. The first-order valence-corrected chi connectivity index (χ1v) is 8.51. The van der Waals surface area contributed by atoms with E-state index in [1.54, 1.807) is 4.57 Å². The Morgan fingerprint density at radius 3 is 2.76 bits per heavy atom. The van der Waals surface area contributed by atoms with Crippen molar-refractivity contribution >= 4 is 22.8 Å². The molecule has 5 rings (SSSR count). The summed E-state index contributed by atoms with van der Waals surface area (Å²) >= 11 is 0. The predicted molar refractivity (Wildman–Crippen MR) is 88.7 cm³/mol. The van der Waals surface area contributed by atoms with Gasteiger partial charge in [0.05, 0.1) is 5.39 Å². The quantitative estimate of drug-likeness (QED) is 0.868. The average Bonchev–Trinajstić information content (AvgIpc) is 3.21. The number of fused-ring (bicyclic) bond motifs is 3. The molecule has 2 atom stereocenters. The monoisotopic (exact) mass is 344 g/mol. The van der Waals surface area contributed by atoms with Crippen LogP contribution in [0.1, 0.15) is 35.7 Å². The Morgan fingerprint density at radius 1 is 1.36 bits per heavy atom. The van der Waals surface area contributed by atoms with Gasteiger partial charge in [-0.15, -0.1) is 0 Å². The molecule has 0 amide bonds. The number of pyridine rings is 2. The highest BCUT2D eigenvalue weighted by molar-refractivity contribution is 5.92. The van der Waals surface area contributed by atoms with Crippen molar-refractivity contribution in [3.05, 3.63) is 33.9 Å². The Hall–Kier alpha value is -2.48. The van der Waals surface area contributed by atoms with E-state index < -0.39 is 17.2 Å². The standard InChI is InChI=1S/C17H17FN4O3/c18-13-4-11-14(23)12(17(24)25)7-22(9-1-2-9)15(11)20-16(13)21-6-8-3-10(21)5-19-8/h4,7-10,19H,1-3,5-6H2,(H,24,25)/t8-,10?/m0/s1. The summed E-state index contributed by atoms with van der Waals surface area (Å²) in [7, 11) is 0. The average molecular weight is 344 g/mol. The summed E-state index contributed by atoms with van der Waals surface area (Å²) in [5.74, 6) is -1.60. The van der Waals surface area contributed by atoms with E-state index in [1.807, 2.05) is 4.90 Å². The van der Waals surface area contributed by atoms with Gasteiger partial charge in [0.1, 0.15) is 11.2 Å². The fraction of sp³-hybridized carbons (Fsp3) is 0.471. The van der Waals surface area contributed by atoms with Gasteiger partial charge >= 0.3 is 5.97 Å². The van der Waals surface area contributed by atoms with Gasteiger partial charge in [-0.3, -0.25) is 4.79 Å². The van der Waals surface area contributed by atoms with Crippen LogP contribution in [0, 0.1) is 5.82 Å². The number of halogens is 1. The van der Waals surface area contributed by atoms with Crippen molar-refractivity contribution in [3.8, 4) is 0 Å². The third-order valence-electron chi connectivity index (χ3n) is 5.44. The normalized spacial score (nSPS) is 25.1. The zero-order valence-corrected chi connectivity index (χ0v) is 13.4. The van der Waals surface area contributed by atoms with Gasteiger partial charge < -0.3 is 19.9 Å². The highest BCUT2D eigenvalue weighted by Gasteiger charge is 2.39. The molecule has 1 aliphatic carbocycles. The van der Waals surface area contributed by atoms with Gasteiger partial charge in [-0.05, 0) is 25.3 Å². The van der Waals surface area contributed by atoms with E-state index in [9.17, 15) is 19.1 Å². The van der Waals surface area contributed by atoms with E-state index in [1.165, 1.54) is 6.20 Å². The zero-order chi connectivity index (χ0) is 17.3. The van der Waals surface area contributed by atoms with Crippen molar-refractivity contribution < 1.29 is 14.3 Å². The molecule has 0 spiro atoms. The molecule has 2 aromatic heterocycles. The topological polar surface area (TPSA) is 87.5 Å². The molecule has 7 nitrogen and oxygen atoms in total. The van der Waals surface area contributed by atoms with Gasteiger partial charge in [-0.25, -0.2) is 14.2 Å². The van der Waals surface area contributed by atoms with Crippen LogP contribution in [0.5, 0.6) is 0 Å². The lowest BCUT2D eigenvalue weighted by molar-refractivity contribution is 0.0695. The molecule has 2 N–H and O–H groups in total. The van der Waals surface area contributed by atoms with Crippen LogP contribution in [0.4, 0.5) is 10.2 Å². The summed E-state index contributed by atoms with van der Waals surface area (Å²) in [5, 5.41) is 12.7. The van der Waals surface area contributed by atoms with E-state index in [4.69, 9.17) is 0 Å². The molecule has 8 heteroatoms. The van der Waals surface area contributed by atoms with Gasteiger partial charge in [-0.2, -0.15) is 0 Å². The Bertz CT molecular complexity index is 968. The second-order valence-electron chi connectivity index (χ2n) is 7.13. The number of nitrogens with zero attached hydrogens (tertiary/aromatic N) is 3. The minimum atomic E-state index is -1.30. The molecule has 2 aromatic rings. The first-order valence-electron chi connectivity index (χ1n) is 8.51. The van der Waals surface area contributed by atoms with Crippen molar-refractivity contribution in [3.63, 3.8) is 0 Å².